The molecule has 162 valence electrons. The average molecular weight is 407 g/mol. The molecule has 0 radical (unpaired) electrons. The lowest BCUT2D eigenvalue weighted by Crippen LogP contribution is -2.52. The van der Waals surface area contributed by atoms with Gasteiger partial charge in [0.2, 0.25) is 0 Å². The standard InChI is InChI=1S/C21H34N4O4/c1-13(2)23-20(27)25-9-8-14-10-17(28-6)18(29-7)11-15(14)16(25)12-22-19(26)24-21(3,4)5/h10-11,13,16H,8-9,12H2,1-7H3,(H,23,27)(H2,22,24,26)/t16-/m1/s1. The second-order valence-electron chi connectivity index (χ2n) is 8.55. The molecule has 0 saturated heterocycles. The van der Waals surface area contributed by atoms with Crippen LogP contribution in [0.25, 0.3) is 0 Å². The second-order valence-corrected chi connectivity index (χ2v) is 8.55. The number of ether oxygens (including phenoxy) is 2. The number of urea groups is 2. The van der Waals surface area contributed by atoms with Crippen LogP contribution in [-0.4, -0.2) is 55.9 Å². The van der Waals surface area contributed by atoms with Gasteiger partial charge in [0.15, 0.2) is 11.5 Å². The smallest absolute Gasteiger partial charge is 0.318 e. The zero-order valence-electron chi connectivity index (χ0n) is 18.5. The molecule has 0 bridgehead atoms. The summed E-state index contributed by atoms with van der Waals surface area (Å²) in [7, 11) is 3.19. The third kappa shape index (κ3) is 5.92. The summed E-state index contributed by atoms with van der Waals surface area (Å²) in [5, 5.41) is 8.75. The molecule has 1 atom stereocenters. The highest BCUT2D eigenvalue weighted by atomic mass is 16.5. The van der Waals surface area contributed by atoms with E-state index >= 15 is 0 Å². The molecule has 0 aromatic heterocycles. The van der Waals surface area contributed by atoms with Crippen molar-refractivity contribution in [1.29, 1.82) is 0 Å². The Morgan fingerprint density at radius 1 is 1.17 bits per heavy atom. The van der Waals surface area contributed by atoms with Gasteiger partial charge in [-0.2, -0.15) is 0 Å². The molecule has 1 aliphatic rings. The number of amides is 4. The molecule has 0 spiro atoms. The van der Waals surface area contributed by atoms with Crippen LogP contribution >= 0.6 is 0 Å². The third-order valence-corrected chi connectivity index (χ3v) is 4.62. The predicted molar refractivity (Wildman–Crippen MR) is 113 cm³/mol. The summed E-state index contributed by atoms with van der Waals surface area (Å²) in [4.78, 5) is 26.9. The van der Waals surface area contributed by atoms with E-state index in [2.05, 4.69) is 16.0 Å². The van der Waals surface area contributed by atoms with E-state index in [0.717, 1.165) is 11.1 Å². The molecule has 4 amide bonds. The molecule has 8 heteroatoms. The molecule has 0 unspecified atom stereocenters. The maximum Gasteiger partial charge on any atom is 0.318 e. The Bertz CT molecular complexity index is 743. The highest BCUT2D eigenvalue weighted by Gasteiger charge is 2.33. The number of carbonyl (C=O) groups is 2. The van der Waals surface area contributed by atoms with Crippen LogP contribution in [0.1, 0.15) is 51.8 Å². The summed E-state index contributed by atoms with van der Waals surface area (Å²) < 4.78 is 10.9. The van der Waals surface area contributed by atoms with Gasteiger partial charge >= 0.3 is 12.1 Å². The maximum atomic E-state index is 12.8. The Kier molecular flexibility index (Phi) is 7.21. The fourth-order valence-corrected chi connectivity index (χ4v) is 3.40. The van der Waals surface area contributed by atoms with E-state index in [9.17, 15) is 9.59 Å². The Morgan fingerprint density at radius 2 is 1.79 bits per heavy atom. The monoisotopic (exact) mass is 406 g/mol. The van der Waals surface area contributed by atoms with Crippen molar-refractivity contribution in [3.8, 4) is 11.5 Å². The first-order valence-electron chi connectivity index (χ1n) is 9.93. The van der Waals surface area contributed by atoms with Gasteiger partial charge in [-0.05, 0) is 64.3 Å². The summed E-state index contributed by atoms with van der Waals surface area (Å²) in [6, 6.07) is 3.14. The topological polar surface area (TPSA) is 91.9 Å². The van der Waals surface area contributed by atoms with Crippen LogP contribution in [0.4, 0.5) is 9.59 Å². The van der Waals surface area contributed by atoms with Crippen LogP contribution in [0.15, 0.2) is 12.1 Å². The number of nitrogens with zero attached hydrogens (tertiary/aromatic N) is 1. The molecule has 1 aromatic rings. The molecule has 1 aliphatic heterocycles. The summed E-state index contributed by atoms with van der Waals surface area (Å²) in [5.74, 6) is 1.25. The lowest BCUT2D eigenvalue weighted by atomic mass is 9.92. The van der Waals surface area contributed by atoms with E-state index in [0.29, 0.717) is 24.5 Å². The van der Waals surface area contributed by atoms with Crippen molar-refractivity contribution in [3.63, 3.8) is 0 Å². The molecular weight excluding hydrogens is 372 g/mol. The van der Waals surface area contributed by atoms with E-state index < -0.39 is 0 Å². The lowest BCUT2D eigenvalue weighted by Gasteiger charge is -2.38. The minimum Gasteiger partial charge on any atom is -0.493 e. The Hall–Kier alpha value is -2.64. The number of methoxy groups -OCH3 is 2. The van der Waals surface area contributed by atoms with E-state index in [1.807, 2.05) is 46.8 Å². The van der Waals surface area contributed by atoms with Gasteiger partial charge in [0.05, 0.1) is 20.3 Å². The van der Waals surface area contributed by atoms with Crippen LogP contribution < -0.4 is 25.4 Å². The van der Waals surface area contributed by atoms with E-state index in [1.54, 1.807) is 19.1 Å². The van der Waals surface area contributed by atoms with Gasteiger partial charge in [0, 0.05) is 24.7 Å². The van der Waals surface area contributed by atoms with Gasteiger partial charge in [-0.25, -0.2) is 9.59 Å². The van der Waals surface area contributed by atoms with Gasteiger partial charge in [-0.15, -0.1) is 0 Å². The van der Waals surface area contributed by atoms with Crippen LogP contribution in [0.2, 0.25) is 0 Å². The maximum absolute atomic E-state index is 12.8. The second kappa shape index (κ2) is 9.24. The first-order valence-corrected chi connectivity index (χ1v) is 9.93. The number of carbonyl (C=O) groups excluding carboxylic acids is 2. The van der Waals surface area contributed by atoms with Gasteiger partial charge in [-0.1, -0.05) is 0 Å². The highest BCUT2D eigenvalue weighted by molar-refractivity contribution is 5.77. The molecule has 0 saturated carbocycles. The molecule has 29 heavy (non-hydrogen) atoms. The van der Waals surface area contributed by atoms with Crippen molar-refractivity contribution in [3.05, 3.63) is 23.3 Å². The molecular formula is C21H34N4O4. The van der Waals surface area contributed by atoms with Gasteiger partial charge in [-0.3, -0.25) is 0 Å². The van der Waals surface area contributed by atoms with Crippen LogP contribution in [-0.2, 0) is 6.42 Å². The van der Waals surface area contributed by atoms with Crippen molar-refractivity contribution >= 4 is 12.1 Å². The quantitative estimate of drug-likeness (QED) is 0.701. The van der Waals surface area contributed by atoms with Crippen LogP contribution in [0, 0.1) is 0 Å². The first kappa shape index (κ1) is 22.6. The van der Waals surface area contributed by atoms with Crippen LogP contribution in [0.5, 0.6) is 11.5 Å². The number of fused-ring (bicyclic) bond motifs is 1. The molecule has 1 aromatic carbocycles. The molecule has 3 N–H and O–H groups in total. The number of hydrogen-bond donors (Lipinski definition) is 3. The van der Waals surface area contributed by atoms with Gasteiger partial charge < -0.3 is 30.3 Å². The average Bonchev–Trinajstić information content (AvgIpc) is 2.62. The zero-order chi connectivity index (χ0) is 21.8. The van der Waals surface area contributed by atoms with Crippen molar-refractivity contribution in [2.45, 2.75) is 58.7 Å². The normalized spacial score (nSPS) is 16.1. The fraction of sp³-hybridized carbons (Fsp3) is 0.619. The summed E-state index contributed by atoms with van der Waals surface area (Å²) >= 11 is 0. The summed E-state index contributed by atoms with van der Waals surface area (Å²) in [6.45, 7) is 10.4. The number of hydrogen-bond acceptors (Lipinski definition) is 4. The number of nitrogens with one attached hydrogen (secondary N) is 3. The molecule has 0 fully saturated rings. The van der Waals surface area contributed by atoms with Crippen molar-refractivity contribution in [2.24, 2.45) is 0 Å². The van der Waals surface area contributed by atoms with E-state index in [4.69, 9.17) is 9.47 Å². The molecule has 8 nitrogen and oxygen atoms in total. The fourth-order valence-electron chi connectivity index (χ4n) is 3.40. The van der Waals surface area contributed by atoms with Gasteiger partial charge in [0.1, 0.15) is 0 Å². The molecule has 2 rings (SSSR count). The number of rotatable bonds is 5. The van der Waals surface area contributed by atoms with Crippen molar-refractivity contribution in [2.75, 3.05) is 27.3 Å². The largest absolute Gasteiger partial charge is 0.493 e. The number of benzene rings is 1. The van der Waals surface area contributed by atoms with E-state index in [-0.39, 0.29) is 36.2 Å². The Balaban J connectivity index is 2.33. The first-order chi connectivity index (χ1) is 13.6. The van der Waals surface area contributed by atoms with Crippen molar-refractivity contribution < 1.29 is 19.1 Å². The molecule has 0 aliphatic carbocycles. The summed E-state index contributed by atoms with van der Waals surface area (Å²) in [5.41, 5.74) is 1.68. The van der Waals surface area contributed by atoms with Gasteiger partial charge in [0.25, 0.3) is 0 Å². The zero-order valence-corrected chi connectivity index (χ0v) is 18.5. The van der Waals surface area contributed by atoms with Crippen molar-refractivity contribution in [1.82, 2.24) is 20.9 Å². The highest BCUT2D eigenvalue weighted by Crippen LogP contribution is 2.38. The Labute approximate surface area is 173 Å². The summed E-state index contributed by atoms with van der Waals surface area (Å²) in [6.07, 6.45) is 0.700. The van der Waals surface area contributed by atoms with E-state index in [1.165, 1.54) is 0 Å². The minimum absolute atomic E-state index is 0.0205. The molecule has 1 heterocycles. The third-order valence-electron chi connectivity index (χ3n) is 4.62. The minimum atomic E-state index is -0.347. The predicted octanol–water partition coefficient (Wildman–Crippen LogP) is 2.82. The SMILES string of the molecule is COc1cc2c(cc1OC)[C@@H](CNC(=O)NC(C)(C)C)N(C(=O)NC(C)C)CC2. The Morgan fingerprint density at radius 3 is 2.34 bits per heavy atom. The lowest BCUT2D eigenvalue weighted by molar-refractivity contribution is 0.164. The van der Waals surface area contributed by atoms with Crippen LogP contribution in [0.3, 0.4) is 0 Å².